The second-order valence-corrected chi connectivity index (χ2v) is 1.78. The largest absolute Gasteiger partial charge is 0.399 e. The maximum Gasteiger partial charge on any atom is 0.159 e. The Morgan fingerprint density at radius 1 is 1.70 bits per heavy atom. The van der Waals surface area contributed by atoms with Gasteiger partial charge in [-0.25, -0.2) is 0 Å². The number of hydrogen-bond acceptors (Lipinski definition) is 2. The summed E-state index contributed by atoms with van der Waals surface area (Å²) in [5, 5.41) is 0. The number of hydrogen-bond donors (Lipinski definition) is 1. The van der Waals surface area contributed by atoms with Crippen molar-refractivity contribution in [2.45, 2.75) is 6.85 Å². The molecular weight excluding hydrogens is 126 g/mol. The lowest BCUT2D eigenvalue weighted by molar-refractivity contribution is 0.101. The van der Waals surface area contributed by atoms with Crippen LogP contribution in [0.5, 0.6) is 0 Å². The Hall–Kier alpha value is -1.31. The fourth-order valence-corrected chi connectivity index (χ4v) is 0.525. The average Bonchev–Trinajstić information content (AvgIpc) is 2.10. The van der Waals surface area contributed by atoms with E-state index in [2.05, 4.69) is 0 Å². The highest BCUT2D eigenvalue weighted by atomic mass is 16.1. The molecule has 1 rings (SSSR count). The van der Waals surface area contributed by atoms with E-state index in [0.717, 1.165) is 12.1 Å². The van der Waals surface area contributed by atoms with Crippen LogP contribution in [0.2, 0.25) is 0 Å². The predicted octanol–water partition coefficient (Wildman–Crippen LogP) is 1.47. The molecule has 0 saturated carbocycles. The van der Waals surface area contributed by atoms with Crippen molar-refractivity contribution in [1.82, 2.24) is 0 Å². The van der Waals surface area contributed by atoms with Gasteiger partial charge in [0.05, 0.1) is 2.74 Å². The van der Waals surface area contributed by atoms with Gasteiger partial charge in [0.15, 0.2) is 5.78 Å². The average molecular weight is 140 g/mol. The minimum atomic E-state index is -2.75. The van der Waals surface area contributed by atoms with E-state index in [1.54, 1.807) is 0 Å². The third-order valence-electron chi connectivity index (χ3n) is 1.03. The molecule has 0 aliphatic heterocycles. The molecule has 0 unspecified atom stereocenters. The Bertz CT molecular complexity index is 389. The first-order valence-corrected chi connectivity index (χ1v) is 2.65. The number of benzene rings is 1. The van der Waals surface area contributed by atoms with Crippen molar-refractivity contribution in [3.63, 3.8) is 0 Å². The van der Waals surface area contributed by atoms with E-state index in [9.17, 15) is 4.79 Å². The van der Waals surface area contributed by atoms with Crippen molar-refractivity contribution in [3.05, 3.63) is 29.8 Å². The minimum absolute atomic E-state index is 0.0721. The summed E-state index contributed by atoms with van der Waals surface area (Å²) in [4.78, 5) is 11.3. The van der Waals surface area contributed by atoms with Gasteiger partial charge in [0, 0.05) is 15.4 Å². The Labute approximate surface area is 66.7 Å². The highest BCUT2D eigenvalue weighted by Gasteiger charge is 1.95. The fourth-order valence-electron chi connectivity index (χ4n) is 0.525. The van der Waals surface area contributed by atoms with Crippen molar-refractivity contribution in [1.29, 1.82) is 0 Å². The maximum absolute atomic E-state index is 11.3. The number of nitrogen functional groups attached to an aromatic ring is 1. The summed E-state index contributed by atoms with van der Waals surface area (Å²) >= 11 is 0. The van der Waals surface area contributed by atoms with E-state index in [4.69, 9.17) is 12.6 Å². The van der Waals surface area contributed by atoms with Crippen LogP contribution < -0.4 is 5.73 Å². The van der Waals surface area contributed by atoms with Crippen LogP contribution in [-0.4, -0.2) is 5.78 Å². The Morgan fingerprint density at radius 3 is 2.80 bits per heavy atom. The van der Waals surface area contributed by atoms with Gasteiger partial charge in [0.2, 0.25) is 0 Å². The van der Waals surface area contributed by atoms with Crippen LogP contribution in [0.25, 0.3) is 0 Å². The molecule has 52 valence electrons. The van der Waals surface area contributed by atoms with Crippen molar-refractivity contribution in [2.24, 2.45) is 0 Å². The molecule has 0 aliphatic carbocycles. The number of nitrogens with two attached hydrogens (primary N) is 1. The van der Waals surface area contributed by atoms with E-state index in [-0.39, 0.29) is 23.3 Å². The molecule has 2 nitrogen and oxygen atoms in total. The molecule has 1 aromatic rings. The SMILES string of the molecule is [2H]c1cc(C(=O)C([2H])([2H])[2H])cc([2H])c1N. The summed E-state index contributed by atoms with van der Waals surface area (Å²) in [6, 6.07) is 1.69. The first-order valence-electron chi connectivity index (χ1n) is 5.15. The quantitative estimate of drug-likeness (QED) is 0.474. The summed E-state index contributed by atoms with van der Waals surface area (Å²) in [6.07, 6.45) is 0. The van der Waals surface area contributed by atoms with Gasteiger partial charge in [-0.3, -0.25) is 4.79 Å². The molecule has 0 fully saturated rings. The van der Waals surface area contributed by atoms with Gasteiger partial charge in [-0.2, -0.15) is 0 Å². The van der Waals surface area contributed by atoms with Gasteiger partial charge >= 0.3 is 0 Å². The zero-order valence-electron chi connectivity index (χ0n) is 10.1. The fraction of sp³-hybridized carbons (Fsp3) is 0.125. The molecule has 1 aromatic carbocycles. The van der Waals surface area contributed by atoms with Crippen molar-refractivity contribution >= 4 is 11.5 Å². The number of ketones is 1. The second kappa shape index (κ2) is 2.52. The molecule has 0 radical (unpaired) electrons. The molecule has 0 bridgehead atoms. The second-order valence-electron chi connectivity index (χ2n) is 1.78. The third-order valence-corrected chi connectivity index (χ3v) is 1.03. The van der Waals surface area contributed by atoms with Crippen LogP contribution in [0.3, 0.4) is 0 Å². The van der Waals surface area contributed by atoms with Crippen LogP contribution in [0, 0.1) is 0 Å². The van der Waals surface area contributed by atoms with Crippen LogP contribution in [0.1, 0.15) is 24.1 Å². The highest BCUT2D eigenvalue weighted by molar-refractivity contribution is 5.94. The number of carbonyl (C=O) groups is 1. The van der Waals surface area contributed by atoms with E-state index in [1.165, 1.54) is 0 Å². The van der Waals surface area contributed by atoms with Gasteiger partial charge in [0.25, 0.3) is 0 Å². The summed E-state index contributed by atoms with van der Waals surface area (Å²) in [5.41, 5.74) is 5.08. The molecule has 10 heavy (non-hydrogen) atoms. The maximum atomic E-state index is 11.3. The molecule has 0 amide bonds. The van der Waals surface area contributed by atoms with Gasteiger partial charge in [-0.1, -0.05) is 0 Å². The smallest absolute Gasteiger partial charge is 0.159 e. The zero-order chi connectivity index (χ0) is 11.8. The summed E-state index contributed by atoms with van der Waals surface area (Å²) in [6.45, 7) is -2.75. The molecule has 0 aliphatic rings. The molecule has 0 saturated heterocycles. The first kappa shape index (κ1) is 2.74. The Kier molecular flexibility index (Phi) is 0.691. The molecule has 0 atom stereocenters. The van der Waals surface area contributed by atoms with E-state index < -0.39 is 12.6 Å². The molecule has 0 spiro atoms. The summed E-state index contributed by atoms with van der Waals surface area (Å²) < 4.78 is 35.3. The monoisotopic (exact) mass is 140 g/mol. The number of carbonyl (C=O) groups excluding carboxylic acids is 1. The van der Waals surface area contributed by atoms with Crippen LogP contribution in [0.4, 0.5) is 5.69 Å². The van der Waals surface area contributed by atoms with Crippen molar-refractivity contribution in [2.75, 3.05) is 5.73 Å². The van der Waals surface area contributed by atoms with Gasteiger partial charge in [-0.05, 0) is 31.1 Å². The number of anilines is 1. The zero-order valence-corrected chi connectivity index (χ0v) is 5.14. The van der Waals surface area contributed by atoms with Crippen molar-refractivity contribution in [3.8, 4) is 0 Å². The van der Waals surface area contributed by atoms with Gasteiger partial charge in [0.1, 0.15) is 0 Å². The van der Waals surface area contributed by atoms with Gasteiger partial charge < -0.3 is 5.73 Å². The lowest BCUT2D eigenvalue weighted by atomic mass is 10.1. The van der Waals surface area contributed by atoms with E-state index in [0.29, 0.717) is 0 Å². The topological polar surface area (TPSA) is 43.1 Å². The normalized spacial score (nSPS) is 17.8. The molecule has 2 heteroatoms. The lowest BCUT2D eigenvalue weighted by Gasteiger charge is -1.94. The number of Topliss-reactive ketones (excluding diaryl/α,β-unsaturated/α-hetero) is 1. The summed E-state index contributed by atoms with van der Waals surface area (Å²) in [7, 11) is 0. The predicted molar refractivity (Wildman–Crippen MR) is 40.9 cm³/mol. The van der Waals surface area contributed by atoms with E-state index in [1.807, 2.05) is 0 Å². The first-order chi connectivity index (χ1) is 6.73. The molecule has 2 N–H and O–H groups in total. The molecule has 0 aromatic heterocycles. The van der Waals surface area contributed by atoms with Crippen LogP contribution in [0.15, 0.2) is 24.2 Å². The standard InChI is InChI=1S/C8H9NO/c1-6(10)7-2-4-8(9)5-3-7/h2-5H,9H2,1H3/i1D3,4D,5D. The number of rotatable bonds is 1. The molecule has 0 heterocycles. The third kappa shape index (κ3) is 1.35. The Balaban J connectivity index is 3.24. The van der Waals surface area contributed by atoms with Gasteiger partial charge in [-0.15, -0.1) is 0 Å². The highest BCUT2D eigenvalue weighted by Crippen LogP contribution is 2.05. The summed E-state index contributed by atoms with van der Waals surface area (Å²) in [5.74, 6) is -1.08. The van der Waals surface area contributed by atoms with E-state index >= 15 is 0 Å². The Morgan fingerprint density at radius 2 is 2.30 bits per heavy atom. The van der Waals surface area contributed by atoms with Crippen LogP contribution in [-0.2, 0) is 0 Å². The molecular formula is C8H9NO. The van der Waals surface area contributed by atoms with Crippen molar-refractivity contribution < 1.29 is 11.6 Å². The van der Waals surface area contributed by atoms with Crippen LogP contribution >= 0.6 is 0 Å². The lowest BCUT2D eigenvalue weighted by Crippen LogP contribution is -1.91. The minimum Gasteiger partial charge on any atom is -0.399 e.